The molecular formula is C75H118O5. The zero-order valence-corrected chi connectivity index (χ0v) is 51.3. The summed E-state index contributed by atoms with van der Waals surface area (Å²) in [4.78, 5) is 24.6. The Morgan fingerprint density at radius 3 is 0.750 bits per heavy atom. The fourth-order valence-electron chi connectivity index (χ4n) is 8.43. The SMILES string of the molecule is CC/C=C\C/C=C\C/C=C\C/C=C\C/C=C\C/C=C\C/C=C\C/C=C\CCCCCCCCCCCCCCC(=O)OC(CO)COC(=O)CCCCCCCCC/C=C\C/C=C\C/C=C\C/C=C\C/C=C\C/C=C\C/C=C\CC. The fraction of sp³-hybridized carbons (Fsp3) is 0.573. The van der Waals surface area contributed by atoms with Gasteiger partial charge in [-0.15, -0.1) is 0 Å². The van der Waals surface area contributed by atoms with Gasteiger partial charge in [0, 0.05) is 12.8 Å². The van der Waals surface area contributed by atoms with Crippen molar-refractivity contribution in [2.45, 2.75) is 264 Å². The molecule has 1 N–H and O–H groups in total. The maximum Gasteiger partial charge on any atom is 0.306 e. The average molecular weight is 1100 g/mol. The van der Waals surface area contributed by atoms with E-state index in [4.69, 9.17) is 9.47 Å². The average Bonchev–Trinajstić information content (AvgIpc) is 3.46. The largest absolute Gasteiger partial charge is 0.462 e. The summed E-state index contributed by atoms with van der Waals surface area (Å²) in [5, 5.41) is 9.69. The third kappa shape index (κ3) is 65.5. The number of carbonyl (C=O) groups is 2. The van der Waals surface area contributed by atoms with Gasteiger partial charge in [0.05, 0.1) is 6.61 Å². The van der Waals surface area contributed by atoms with Crippen molar-refractivity contribution in [1.82, 2.24) is 0 Å². The van der Waals surface area contributed by atoms with Gasteiger partial charge in [0.2, 0.25) is 0 Å². The minimum absolute atomic E-state index is 0.0833. The van der Waals surface area contributed by atoms with Crippen molar-refractivity contribution in [3.05, 3.63) is 182 Å². The molecule has 5 heteroatoms. The third-order valence-corrected chi connectivity index (χ3v) is 13.2. The van der Waals surface area contributed by atoms with Crippen LogP contribution in [0.5, 0.6) is 0 Å². The van der Waals surface area contributed by atoms with E-state index in [1.54, 1.807) is 0 Å². The summed E-state index contributed by atoms with van der Waals surface area (Å²) in [7, 11) is 0. The zero-order chi connectivity index (χ0) is 57.6. The summed E-state index contributed by atoms with van der Waals surface area (Å²) in [5.74, 6) is -0.615. The minimum atomic E-state index is -0.793. The lowest BCUT2D eigenvalue weighted by atomic mass is 10.0. The van der Waals surface area contributed by atoms with Crippen LogP contribution in [0.1, 0.15) is 258 Å². The third-order valence-electron chi connectivity index (χ3n) is 13.2. The van der Waals surface area contributed by atoms with Gasteiger partial charge in [0.1, 0.15) is 6.61 Å². The van der Waals surface area contributed by atoms with Crippen LogP contribution in [0.4, 0.5) is 0 Å². The summed E-state index contributed by atoms with van der Waals surface area (Å²) in [5.41, 5.74) is 0. The maximum absolute atomic E-state index is 12.4. The second-order valence-electron chi connectivity index (χ2n) is 20.7. The first-order valence-corrected chi connectivity index (χ1v) is 32.3. The van der Waals surface area contributed by atoms with Crippen molar-refractivity contribution in [2.75, 3.05) is 13.2 Å². The van der Waals surface area contributed by atoms with Crippen LogP contribution in [-0.2, 0) is 19.1 Å². The molecule has 0 heterocycles. The number of hydrogen-bond donors (Lipinski definition) is 1. The van der Waals surface area contributed by atoms with Crippen LogP contribution in [0.2, 0.25) is 0 Å². The monoisotopic (exact) mass is 1100 g/mol. The molecule has 1 unspecified atom stereocenters. The van der Waals surface area contributed by atoms with E-state index in [1.807, 2.05) is 0 Å². The molecular weight excluding hydrogens is 981 g/mol. The van der Waals surface area contributed by atoms with Crippen LogP contribution < -0.4 is 0 Å². The number of hydrogen-bond acceptors (Lipinski definition) is 5. The Morgan fingerprint density at radius 1 is 0.287 bits per heavy atom. The second-order valence-corrected chi connectivity index (χ2v) is 20.7. The standard InChI is InChI=1S/C75H118O5/c1-3-5-7-9-11-13-15-17-19-21-23-25-27-29-31-33-34-35-36-37-38-39-40-42-44-46-48-50-52-54-56-58-60-62-64-66-68-70-75(78)80-73(71-76)72-79-74(77)69-67-65-63-61-59-57-55-53-51-49-47-45-43-41-32-30-28-26-24-22-20-18-16-14-12-10-8-6-4-2/h5-8,11-14,17-20,23-26,29-32,34-35,37-38,40,42-43,45,49,51,73,76H,3-4,9-10,15-16,21-22,27-28,33,36,39,41,44,46-48,50,52-72H2,1-2H3/b7-5-,8-6-,13-11-,14-12-,19-17-,20-18-,25-23-,26-24-,31-29-,32-30-,35-34-,38-37-,42-40-,45-43-,51-49-. The van der Waals surface area contributed by atoms with Gasteiger partial charge in [-0.3, -0.25) is 9.59 Å². The molecule has 0 spiro atoms. The number of unbranched alkanes of at least 4 members (excludes halogenated alkanes) is 19. The first kappa shape index (κ1) is 75.0. The number of carbonyl (C=O) groups excluding carboxylic acids is 2. The van der Waals surface area contributed by atoms with Crippen molar-refractivity contribution in [2.24, 2.45) is 0 Å². The molecule has 0 saturated heterocycles. The molecule has 5 nitrogen and oxygen atoms in total. The highest BCUT2D eigenvalue weighted by Crippen LogP contribution is 2.15. The molecule has 0 aliphatic rings. The quantitative estimate of drug-likeness (QED) is 0.0373. The topological polar surface area (TPSA) is 72.8 Å². The van der Waals surface area contributed by atoms with Gasteiger partial charge in [0.15, 0.2) is 6.10 Å². The lowest BCUT2D eigenvalue weighted by Gasteiger charge is -2.15. The van der Waals surface area contributed by atoms with Gasteiger partial charge in [-0.05, 0) is 135 Å². The van der Waals surface area contributed by atoms with Crippen molar-refractivity contribution in [3.8, 4) is 0 Å². The lowest BCUT2D eigenvalue weighted by Crippen LogP contribution is -2.28. The van der Waals surface area contributed by atoms with Gasteiger partial charge in [-0.1, -0.05) is 292 Å². The molecule has 0 fully saturated rings. The van der Waals surface area contributed by atoms with E-state index >= 15 is 0 Å². The van der Waals surface area contributed by atoms with Gasteiger partial charge in [0.25, 0.3) is 0 Å². The second kappa shape index (κ2) is 68.3. The highest BCUT2D eigenvalue weighted by molar-refractivity contribution is 5.70. The Bertz CT molecular complexity index is 1820. The molecule has 0 bridgehead atoms. The molecule has 0 aliphatic heterocycles. The number of ether oxygens (including phenoxy) is 2. The highest BCUT2D eigenvalue weighted by Gasteiger charge is 2.16. The summed E-state index contributed by atoms with van der Waals surface area (Å²) >= 11 is 0. The van der Waals surface area contributed by atoms with E-state index < -0.39 is 6.10 Å². The molecule has 1 atom stereocenters. The molecule has 0 aromatic rings. The predicted octanol–water partition coefficient (Wildman–Crippen LogP) is 22.6. The predicted molar refractivity (Wildman–Crippen MR) is 352 cm³/mol. The molecule has 80 heavy (non-hydrogen) atoms. The molecule has 0 aliphatic carbocycles. The molecule has 0 radical (unpaired) electrons. The molecule has 0 aromatic heterocycles. The van der Waals surface area contributed by atoms with Crippen LogP contribution in [0.25, 0.3) is 0 Å². The Balaban J connectivity index is 3.59. The summed E-state index contributed by atoms with van der Waals surface area (Å²) in [6, 6.07) is 0. The van der Waals surface area contributed by atoms with E-state index in [2.05, 4.69) is 196 Å². The Labute approximate surface area is 493 Å². The van der Waals surface area contributed by atoms with Gasteiger partial charge in [-0.2, -0.15) is 0 Å². The number of esters is 2. The van der Waals surface area contributed by atoms with Gasteiger partial charge >= 0.3 is 11.9 Å². The van der Waals surface area contributed by atoms with E-state index in [0.29, 0.717) is 12.8 Å². The van der Waals surface area contributed by atoms with Crippen molar-refractivity contribution in [1.29, 1.82) is 0 Å². The van der Waals surface area contributed by atoms with Crippen molar-refractivity contribution < 1.29 is 24.2 Å². The summed E-state index contributed by atoms with van der Waals surface area (Å²) in [6.07, 6.45) is 107. The Kier molecular flexibility index (Phi) is 64.0. The maximum atomic E-state index is 12.4. The normalized spacial score (nSPS) is 13.5. The van der Waals surface area contributed by atoms with Crippen LogP contribution in [-0.4, -0.2) is 36.4 Å². The molecule has 448 valence electrons. The minimum Gasteiger partial charge on any atom is -0.462 e. The van der Waals surface area contributed by atoms with Crippen LogP contribution >= 0.6 is 0 Å². The molecule has 0 rings (SSSR count). The summed E-state index contributed by atoms with van der Waals surface area (Å²) < 4.78 is 10.7. The smallest absolute Gasteiger partial charge is 0.306 e. The number of allylic oxidation sites excluding steroid dienone is 30. The van der Waals surface area contributed by atoms with Crippen LogP contribution in [0.15, 0.2) is 182 Å². The molecule has 0 amide bonds. The van der Waals surface area contributed by atoms with E-state index in [0.717, 1.165) is 141 Å². The number of rotatable bonds is 57. The summed E-state index contributed by atoms with van der Waals surface area (Å²) in [6.45, 7) is 3.90. The molecule has 0 saturated carbocycles. The van der Waals surface area contributed by atoms with Gasteiger partial charge < -0.3 is 14.6 Å². The van der Waals surface area contributed by atoms with Crippen molar-refractivity contribution in [3.63, 3.8) is 0 Å². The fourth-order valence-corrected chi connectivity index (χ4v) is 8.43. The first-order chi connectivity index (χ1) is 39.6. The van der Waals surface area contributed by atoms with E-state index in [1.165, 1.54) is 89.9 Å². The Morgan fingerprint density at radius 2 is 0.500 bits per heavy atom. The van der Waals surface area contributed by atoms with Gasteiger partial charge in [-0.25, -0.2) is 0 Å². The van der Waals surface area contributed by atoms with Crippen LogP contribution in [0.3, 0.4) is 0 Å². The first-order valence-electron chi connectivity index (χ1n) is 32.3. The molecule has 0 aromatic carbocycles. The Hall–Kier alpha value is -5.00. The van der Waals surface area contributed by atoms with E-state index in [9.17, 15) is 14.7 Å². The number of aliphatic hydroxyl groups is 1. The zero-order valence-electron chi connectivity index (χ0n) is 51.3. The highest BCUT2D eigenvalue weighted by atomic mass is 16.6. The van der Waals surface area contributed by atoms with Crippen LogP contribution in [0, 0.1) is 0 Å². The van der Waals surface area contributed by atoms with Crippen molar-refractivity contribution >= 4 is 11.9 Å². The number of aliphatic hydroxyl groups excluding tert-OH is 1. The lowest BCUT2D eigenvalue weighted by molar-refractivity contribution is -0.161. The van der Waals surface area contributed by atoms with E-state index in [-0.39, 0.29) is 25.2 Å².